The maximum absolute atomic E-state index is 13.7. The minimum atomic E-state index is -0.280. The van der Waals surface area contributed by atoms with Gasteiger partial charge in [-0.25, -0.2) is 9.37 Å². The zero-order valence-electron chi connectivity index (χ0n) is 27.0. The number of nitrogens with one attached hydrogen (secondary N) is 4. The quantitative estimate of drug-likeness (QED) is 0.185. The van der Waals surface area contributed by atoms with Crippen molar-refractivity contribution in [3.8, 4) is 33.8 Å². The highest BCUT2D eigenvalue weighted by molar-refractivity contribution is 6.29. The first kappa shape index (κ1) is 30.0. The van der Waals surface area contributed by atoms with Crippen LogP contribution in [0.5, 0.6) is 0 Å². The predicted molar refractivity (Wildman–Crippen MR) is 183 cm³/mol. The molecule has 8 heterocycles. The fourth-order valence-electron chi connectivity index (χ4n) is 8.51. The van der Waals surface area contributed by atoms with Crippen LogP contribution in [0.2, 0.25) is 5.15 Å². The zero-order valence-corrected chi connectivity index (χ0v) is 27.7. The molecule has 2 aliphatic carbocycles. The molecule has 2 fully saturated rings. The number of ether oxygens (including phenoxy) is 2. The van der Waals surface area contributed by atoms with Gasteiger partial charge in [0.1, 0.15) is 11.0 Å². The highest BCUT2D eigenvalue weighted by Crippen LogP contribution is 2.42. The van der Waals surface area contributed by atoms with Crippen LogP contribution in [0, 0.1) is 5.82 Å². The summed E-state index contributed by atoms with van der Waals surface area (Å²) in [5.41, 5.74) is 13.3. The third kappa shape index (κ3) is 4.60. The van der Waals surface area contributed by atoms with E-state index in [1.165, 1.54) is 17.7 Å². The lowest BCUT2D eigenvalue weighted by Gasteiger charge is -2.44. The molecule has 1 aromatic carbocycles. The largest absolute Gasteiger partial charge is 0.376 e. The maximum Gasteiger partial charge on any atom is 0.254 e. The summed E-state index contributed by atoms with van der Waals surface area (Å²) in [6, 6.07) is 10.4. The number of hydrogen-bond acceptors (Lipinski definition) is 6. The Morgan fingerprint density at radius 1 is 0.720 bits per heavy atom. The van der Waals surface area contributed by atoms with Crippen LogP contribution in [0.3, 0.4) is 0 Å². The van der Waals surface area contributed by atoms with Gasteiger partial charge in [-0.1, -0.05) is 23.7 Å². The second-order valence-corrected chi connectivity index (χ2v) is 14.8. The lowest BCUT2D eigenvalue weighted by molar-refractivity contribution is -0.0714. The van der Waals surface area contributed by atoms with Crippen LogP contribution in [-0.4, -0.2) is 69.3 Å². The number of aryl methyl sites for hydroxylation is 2. The Morgan fingerprint density at radius 2 is 1.28 bits per heavy atom. The average molecular weight is 691 g/mol. The highest BCUT2D eigenvalue weighted by atomic mass is 35.5. The Bertz CT molecular complexity index is 2290. The molecular formula is C38H32ClFN6O4. The normalized spacial score (nSPS) is 19.6. The Morgan fingerprint density at radius 3 is 1.82 bits per heavy atom. The molecule has 12 heteroatoms. The highest BCUT2D eigenvalue weighted by Gasteiger charge is 2.47. The fourth-order valence-corrected chi connectivity index (χ4v) is 8.67. The van der Waals surface area contributed by atoms with Gasteiger partial charge in [-0.15, -0.1) is 0 Å². The van der Waals surface area contributed by atoms with E-state index in [-0.39, 0.29) is 28.7 Å². The number of benzene rings is 1. The fraction of sp³-hybridized carbons (Fsp3) is 0.316. The first-order valence-corrected chi connectivity index (χ1v) is 17.3. The molecule has 4 aliphatic heterocycles. The van der Waals surface area contributed by atoms with Gasteiger partial charge in [-0.05, 0) is 72.2 Å². The number of hydrogen-bond donors (Lipinski definition) is 4. The van der Waals surface area contributed by atoms with Gasteiger partial charge in [0.05, 0.1) is 65.7 Å². The van der Waals surface area contributed by atoms with Gasteiger partial charge in [-0.3, -0.25) is 14.6 Å². The van der Waals surface area contributed by atoms with E-state index in [1.807, 2.05) is 30.6 Å². The van der Waals surface area contributed by atoms with E-state index in [0.717, 1.165) is 112 Å². The van der Waals surface area contributed by atoms with Gasteiger partial charge < -0.3 is 30.1 Å². The van der Waals surface area contributed by atoms with Crippen molar-refractivity contribution in [2.24, 2.45) is 0 Å². The number of aromatic nitrogens is 4. The van der Waals surface area contributed by atoms with E-state index >= 15 is 0 Å². The average Bonchev–Trinajstić information content (AvgIpc) is 3.66. The van der Waals surface area contributed by atoms with Gasteiger partial charge >= 0.3 is 0 Å². The molecule has 50 heavy (non-hydrogen) atoms. The molecule has 252 valence electrons. The van der Waals surface area contributed by atoms with Crippen molar-refractivity contribution in [1.82, 2.24) is 30.6 Å². The molecule has 2 saturated heterocycles. The minimum absolute atomic E-state index is 0.00934. The topological polar surface area (TPSA) is 134 Å². The molecule has 6 aliphatic rings. The number of rotatable bonds is 1. The standard InChI is InChI=1S/C22H18FN3O2.C16H14ClN3O2/c23-14-3-1-2-12(6-14)17-7-16-13(9-24-17)4-5-15-19-18(25-20(15)16)8-22(10-28-11-22)26-21(19)27;17-12-3-10-8(5-18-12)1-2-9-13-11(19-14(9)10)4-16(6-22-7-16)20-15(13)21/h1-3,6-7,9,25H,4-5,8,10-11H2,(H,26,27);3,5,19H,1-2,4,6-7H2,(H,20,21). The van der Waals surface area contributed by atoms with Crippen molar-refractivity contribution in [2.75, 3.05) is 26.4 Å². The summed E-state index contributed by atoms with van der Waals surface area (Å²) in [5.74, 6) is -0.270. The molecule has 0 unspecified atom stereocenters. The van der Waals surface area contributed by atoms with E-state index in [0.29, 0.717) is 31.6 Å². The molecule has 0 bridgehead atoms. The summed E-state index contributed by atoms with van der Waals surface area (Å²) >= 11 is 6.05. The van der Waals surface area contributed by atoms with Crippen LogP contribution in [0.15, 0.2) is 48.8 Å². The van der Waals surface area contributed by atoms with E-state index < -0.39 is 0 Å². The number of H-pyrrole nitrogens is 2. The van der Waals surface area contributed by atoms with Gasteiger partial charge in [-0.2, -0.15) is 0 Å². The zero-order chi connectivity index (χ0) is 33.8. The molecule has 0 atom stereocenters. The van der Waals surface area contributed by atoms with Gasteiger partial charge in [0.15, 0.2) is 0 Å². The molecule has 2 spiro atoms. The van der Waals surface area contributed by atoms with Crippen LogP contribution in [0.25, 0.3) is 33.8 Å². The molecular weight excluding hydrogens is 659 g/mol. The number of carbonyl (C=O) groups is 2. The molecule has 10 nitrogen and oxygen atoms in total. The number of aromatic amines is 2. The summed E-state index contributed by atoms with van der Waals surface area (Å²) in [5, 5.41) is 6.76. The van der Waals surface area contributed by atoms with Crippen LogP contribution in [0.4, 0.5) is 4.39 Å². The number of fused-ring (bicyclic) bond motifs is 10. The monoisotopic (exact) mass is 690 g/mol. The van der Waals surface area contributed by atoms with E-state index in [9.17, 15) is 14.0 Å². The number of amides is 2. The third-order valence-corrected chi connectivity index (χ3v) is 11.2. The number of pyridine rings is 2. The summed E-state index contributed by atoms with van der Waals surface area (Å²) < 4.78 is 24.3. The minimum Gasteiger partial charge on any atom is -0.376 e. The summed E-state index contributed by atoms with van der Waals surface area (Å²) in [4.78, 5) is 41.1. The maximum atomic E-state index is 13.7. The van der Waals surface area contributed by atoms with Crippen molar-refractivity contribution in [3.63, 3.8) is 0 Å². The Hall–Kier alpha value is -4.84. The van der Waals surface area contributed by atoms with Crippen LogP contribution in [-0.2, 0) is 48.0 Å². The second kappa shape index (κ2) is 10.8. The van der Waals surface area contributed by atoms with Gasteiger partial charge in [0.25, 0.3) is 11.8 Å². The Kier molecular flexibility index (Phi) is 6.50. The van der Waals surface area contributed by atoms with Crippen molar-refractivity contribution in [2.45, 2.75) is 49.6 Å². The molecule has 4 N–H and O–H groups in total. The first-order valence-electron chi connectivity index (χ1n) is 17.0. The van der Waals surface area contributed by atoms with Crippen LogP contribution in [0.1, 0.15) is 54.4 Å². The first-order chi connectivity index (χ1) is 24.3. The number of nitrogens with zero attached hydrogens (tertiary/aromatic N) is 2. The summed E-state index contributed by atoms with van der Waals surface area (Å²) in [7, 11) is 0. The molecule has 2 amide bonds. The smallest absolute Gasteiger partial charge is 0.254 e. The number of halogens is 2. The SMILES string of the molecule is O=C1NC2(COC2)Cc2[nH]c3c(c21)CCc1cnc(-c2cccc(F)c2)cc1-3.O=C1NC2(COC2)Cc2[nH]c3c(c21)CCc1cnc(Cl)cc1-3. The lowest BCUT2D eigenvalue weighted by atomic mass is 9.83. The van der Waals surface area contributed by atoms with Gasteiger partial charge in [0, 0.05) is 53.3 Å². The van der Waals surface area contributed by atoms with Crippen molar-refractivity contribution in [1.29, 1.82) is 0 Å². The van der Waals surface area contributed by atoms with Crippen molar-refractivity contribution >= 4 is 23.4 Å². The Balaban J connectivity index is 0.000000130. The summed E-state index contributed by atoms with van der Waals surface area (Å²) in [6.45, 7) is 2.31. The molecule has 0 saturated carbocycles. The van der Waals surface area contributed by atoms with Crippen molar-refractivity contribution in [3.05, 3.63) is 105 Å². The van der Waals surface area contributed by atoms with Gasteiger partial charge in [0.2, 0.25) is 0 Å². The van der Waals surface area contributed by atoms with Crippen LogP contribution >= 0.6 is 11.6 Å². The molecule has 11 rings (SSSR count). The van der Waals surface area contributed by atoms with Crippen molar-refractivity contribution < 1.29 is 23.5 Å². The van der Waals surface area contributed by atoms with E-state index in [1.54, 1.807) is 6.07 Å². The molecule has 5 aromatic rings. The second-order valence-electron chi connectivity index (χ2n) is 14.4. The molecule has 4 aromatic heterocycles. The van der Waals surface area contributed by atoms with Crippen LogP contribution < -0.4 is 10.6 Å². The van der Waals surface area contributed by atoms with E-state index in [2.05, 4.69) is 30.6 Å². The predicted octanol–water partition coefficient (Wildman–Crippen LogP) is 4.92. The Labute approximate surface area is 291 Å². The number of carbonyl (C=O) groups excluding carboxylic acids is 2. The third-order valence-electron chi connectivity index (χ3n) is 11.0. The lowest BCUT2D eigenvalue weighted by Crippen LogP contribution is -2.65. The summed E-state index contributed by atoms with van der Waals surface area (Å²) in [6.07, 6.45) is 8.66. The van der Waals surface area contributed by atoms with E-state index in [4.69, 9.17) is 21.1 Å². The molecule has 0 radical (unpaired) electrons.